The average Bonchev–Trinajstić information content (AvgIpc) is 2.89. The van der Waals surface area contributed by atoms with E-state index < -0.39 is 0 Å². The number of carbonyl (C=O) groups excluding carboxylic acids is 1. The monoisotopic (exact) mass is 342 g/mol. The molecule has 5 heteroatoms. The molecule has 0 bridgehead atoms. The highest BCUT2D eigenvalue weighted by Crippen LogP contribution is 2.32. The van der Waals surface area contributed by atoms with Crippen LogP contribution in [0.15, 0.2) is 24.3 Å². The molecule has 1 aliphatic carbocycles. The second-order valence-electron chi connectivity index (χ2n) is 6.58. The predicted molar refractivity (Wildman–Crippen MR) is 95.5 cm³/mol. The van der Waals surface area contributed by atoms with Gasteiger partial charge in [-0.25, -0.2) is 9.78 Å². The summed E-state index contributed by atoms with van der Waals surface area (Å²) < 4.78 is 4.75. The first kappa shape index (κ1) is 15.8. The van der Waals surface area contributed by atoms with Crippen LogP contribution in [0.5, 0.6) is 0 Å². The van der Waals surface area contributed by atoms with Crippen LogP contribution in [0.1, 0.15) is 40.2 Å². The maximum Gasteiger partial charge on any atom is 0.337 e. The Morgan fingerprint density at radius 2 is 1.96 bits per heavy atom. The first-order chi connectivity index (χ1) is 11.7. The quantitative estimate of drug-likeness (QED) is 0.800. The lowest BCUT2D eigenvalue weighted by Crippen LogP contribution is -2.41. The molecule has 1 fully saturated rings. The minimum absolute atomic E-state index is 0.299. The Balaban J connectivity index is 1.50. The van der Waals surface area contributed by atoms with Crippen LogP contribution in [0.25, 0.3) is 10.6 Å². The summed E-state index contributed by atoms with van der Waals surface area (Å²) in [6, 6.07) is 8.37. The van der Waals surface area contributed by atoms with Crippen LogP contribution in [0, 0.1) is 0 Å². The molecule has 1 aliphatic heterocycles. The summed E-state index contributed by atoms with van der Waals surface area (Å²) in [5.41, 5.74) is 2.93. The van der Waals surface area contributed by atoms with Crippen molar-refractivity contribution in [2.75, 3.05) is 20.2 Å². The first-order valence-corrected chi connectivity index (χ1v) is 9.47. The zero-order valence-electron chi connectivity index (χ0n) is 14.0. The van der Waals surface area contributed by atoms with Crippen molar-refractivity contribution in [3.05, 3.63) is 40.4 Å². The number of rotatable bonds is 3. The molecule has 1 saturated carbocycles. The van der Waals surface area contributed by atoms with E-state index in [0.29, 0.717) is 5.56 Å². The van der Waals surface area contributed by atoms with Gasteiger partial charge in [0.15, 0.2) is 0 Å². The molecule has 4 rings (SSSR count). The van der Waals surface area contributed by atoms with Crippen molar-refractivity contribution in [1.82, 2.24) is 9.88 Å². The number of carbonyl (C=O) groups is 1. The predicted octanol–water partition coefficient (Wildman–Crippen LogP) is 3.55. The molecule has 1 aromatic carbocycles. The van der Waals surface area contributed by atoms with Crippen LogP contribution >= 0.6 is 11.3 Å². The number of esters is 1. The number of hydrogen-bond acceptors (Lipinski definition) is 5. The zero-order valence-corrected chi connectivity index (χ0v) is 14.8. The minimum atomic E-state index is -0.299. The summed E-state index contributed by atoms with van der Waals surface area (Å²) in [5.74, 6) is -0.299. The molecule has 0 atom stereocenters. The van der Waals surface area contributed by atoms with E-state index in [-0.39, 0.29) is 5.97 Å². The van der Waals surface area contributed by atoms with E-state index in [4.69, 9.17) is 9.72 Å². The van der Waals surface area contributed by atoms with Gasteiger partial charge in [0, 0.05) is 36.0 Å². The van der Waals surface area contributed by atoms with Gasteiger partial charge < -0.3 is 4.74 Å². The molecule has 2 aromatic rings. The summed E-state index contributed by atoms with van der Waals surface area (Å²) in [4.78, 5) is 20.5. The van der Waals surface area contributed by atoms with E-state index in [0.717, 1.165) is 36.0 Å². The van der Waals surface area contributed by atoms with E-state index in [1.54, 1.807) is 0 Å². The maximum absolute atomic E-state index is 11.5. The average molecular weight is 342 g/mol. The zero-order chi connectivity index (χ0) is 16.5. The van der Waals surface area contributed by atoms with Gasteiger partial charge in [0.1, 0.15) is 5.01 Å². The van der Waals surface area contributed by atoms with Gasteiger partial charge in [-0.15, -0.1) is 11.3 Å². The minimum Gasteiger partial charge on any atom is -0.465 e. The number of ether oxygens (including phenoxy) is 1. The molecule has 4 nitrogen and oxygen atoms in total. The number of fused-ring (bicyclic) bond motifs is 1. The normalized spacial score (nSPS) is 18.5. The molecule has 0 N–H and O–H groups in total. The van der Waals surface area contributed by atoms with Gasteiger partial charge in [-0.2, -0.15) is 0 Å². The summed E-state index contributed by atoms with van der Waals surface area (Å²) in [6.07, 6.45) is 6.32. The van der Waals surface area contributed by atoms with E-state index in [1.807, 2.05) is 35.6 Å². The molecule has 0 radical (unpaired) electrons. The summed E-state index contributed by atoms with van der Waals surface area (Å²) in [6.45, 7) is 2.31. The Kier molecular flexibility index (Phi) is 4.37. The summed E-state index contributed by atoms with van der Waals surface area (Å²) >= 11 is 1.81. The highest BCUT2D eigenvalue weighted by atomic mass is 32.1. The fraction of sp³-hybridized carbons (Fsp3) is 0.474. The van der Waals surface area contributed by atoms with Crippen LogP contribution in [0.3, 0.4) is 0 Å². The fourth-order valence-electron chi connectivity index (χ4n) is 3.49. The van der Waals surface area contributed by atoms with E-state index >= 15 is 0 Å². The third-order valence-corrected chi connectivity index (χ3v) is 6.39. The lowest BCUT2D eigenvalue weighted by atomic mass is 9.91. The van der Waals surface area contributed by atoms with Gasteiger partial charge in [-0.1, -0.05) is 18.6 Å². The van der Waals surface area contributed by atoms with Crippen LogP contribution in [0.2, 0.25) is 0 Å². The van der Waals surface area contributed by atoms with E-state index in [9.17, 15) is 4.79 Å². The molecule has 24 heavy (non-hydrogen) atoms. The van der Waals surface area contributed by atoms with Crippen molar-refractivity contribution in [2.24, 2.45) is 0 Å². The second kappa shape index (κ2) is 6.65. The molecule has 0 unspecified atom stereocenters. The Morgan fingerprint density at radius 1 is 1.21 bits per heavy atom. The number of aromatic nitrogens is 1. The lowest BCUT2D eigenvalue weighted by Gasteiger charge is -2.36. The molecular weight excluding hydrogens is 320 g/mol. The number of thiazole rings is 1. The number of methoxy groups -OCH3 is 1. The lowest BCUT2D eigenvalue weighted by molar-refractivity contribution is 0.0601. The molecular formula is C19H22N2O2S. The van der Waals surface area contributed by atoms with Crippen molar-refractivity contribution >= 4 is 17.3 Å². The van der Waals surface area contributed by atoms with Crippen LogP contribution in [-0.2, 0) is 17.6 Å². The SMILES string of the molecule is COC(=O)c1ccc(-c2nc3c(s2)CCN(C2CCC2)CC3)cc1. The number of benzene rings is 1. The van der Waals surface area contributed by atoms with Gasteiger partial charge in [0.25, 0.3) is 0 Å². The molecule has 126 valence electrons. The first-order valence-electron chi connectivity index (χ1n) is 8.66. The number of hydrogen-bond donors (Lipinski definition) is 0. The van der Waals surface area contributed by atoms with Crippen LogP contribution in [0.4, 0.5) is 0 Å². The Labute approximate surface area is 146 Å². The smallest absolute Gasteiger partial charge is 0.337 e. The Morgan fingerprint density at radius 3 is 2.62 bits per heavy atom. The number of nitrogens with zero attached hydrogens (tertiary/aromatic N) is 2. The van der Waals surface area contributed by atoms with E-state index in [1.165, 1.54) is 43.5 Å². The van der Waals surface area contributed by atoms with Gasteiger partial charge in [-0.3, -0.25) is 4.90 Å². The summed E-state index contributed by atoms with van der Waals surface area (Å²) in [7, 11) is 1.40. The Bertz CT molecular complexity index is 709. The summed E-state index contributed by atoms with van der Waals surface area (Å²) in [5, 5.41) is 1.06. The molecule has 2 heterocycles. The molecule has 2 aliphatic rings. The fourth-order valence-corrected chi connectivity index (χ4v) is 4.59. The van der Waals surface area contributed by atoms with Crippen molar-refractivity contribution in [2.45, 2.75) is 38.1 Å². The van der Waals surface area contributed by atoms with E-state index in [2.05, 4.69) is 4.90 Å². The highest BCUT2D eigenvalue weighted by Gasteiger charge is 2.27. The Hall–Kier alpha value is -1.72. The van der Waals surface area contributed by atoms with Crippen molar-refractivity contribution in [3.8, 4) is 10.6 Å². The standard InChI is InChI=1S/C19H22N2O2S/c1-23-19(22)14-7-5-13(6-8-14)18-20-16-9-11-21(15-3-2-4-15)12-10-17(16)24-18/h5-8,15H,2-4,9-12H2,1H3. The topological polar surface area (TPSA) is 42.4 Å². The highest BCUT2D eigenvalue weighted by molar-refractivity contribution is 7.15. The third-order valence-electron chi connectivity index (χ3n) is 5.18. The van der Waals surface area contributed by atoms with Gasteiger partial charge in [-0.05, 0) is 31.4 Å². The molecule has 1 aromatic heterocycles. The largest absolute Gasteiger partial charge is 0.465 e. The molecule has 0 amide bonds. The van der Waals surface area contributed by atoms with Crippen molar-refractivity contribution in [3.63, 3.8) is 0 Å². The van der Waals surface area contributed by atoms with Gasteiger partial charge >= 0.3 is 5.97 Å². The molecule has 0 saturated heterocycles. The van der Waals surface area contributed by atoms with Gasteiger partial charge in [0.05, 0.1) is 18.4 Å². The van der Waals surface area contributed by atoms with Crippen LogP contribution < -0.4 is 0 Å². The second-order valence-corrected chi connectivity index (χ2v) is 7.66. The molecule has 0 spiro atoms. The van der Waals surface area contributed by atoms with Crippen molar-refractivity contribution in [1.29, 1.82) is 0 Å². The van der Waals surface area contributed by atoms with Crippen LogP contribution in [-0.4, -0.2) is 42.1 Å². The maximum atomic E-state index is 11.5. The van der Waals surface area contributed by atoms with Gasteiger partial charge in [0.2, 0.25) is 0 Å². The third kappa shape index (κ3) is 2.98. The van der Waals surface area contributed by atoms with Crippen molar-refractivity contribution < 1.29 is 9.53 Å².